The number of nitrogens with zero attached hydrogens (tertiary/aromatic N) is 3. The molecular formula is C16H16F2N4O3. The average molecular weight is 350 g/mol. The standard InChI is InChI=1S/C16H16F2N4O3/c1-9-3-5-10(6-4-9)15(24)22-8-16(17,18)7-11(22)14-20-12(21-25-14)13(23)19-2/h3-6,11H,7-8H2,1-2H3,(H,19,23)/t11-/m0/s1. The van der Waals surface area contributed by atoms with Gasteiger partial charge in [0.25, 0.3) is 23.6 Å². The number of benzene rings is 1. The van der Waals surface area contributed by atoms with Crippen molar-refractivity contribution >= 4 is 11.8 Å². The SMILES string of the molecule is CNC(=O)c1noc([C@@H]2CC(F)(F)CN2C(=O)c2ccc(C)cc2)n1. The molecule has 1 aromatic carbocycles. The van der Waals surface area contributed by atoms with Gasteiger partial charge in [0.1, 0.15) is 6.04 Å². The van der Waals surface area contributed by atoms with E-state index in [1.54, 1.807) is 24.3 Å². The summed E-state index contributed by atoms with van der Waals surface area (Å²) in [6.45, 7) is 1.11. The number of rotatable bonds is 3. The third-order valence-corrected chi connectivity index (χ3v) is 3.99. The van der Waals surface area contributed by atoms with Gasteiger partial charge < -0.3 is 14.7 Å². The lowest BCUT2D eigenvalue weighted by atomic mass is 10.1. The summed E-state index contributed by atoms with van der Waals surface area (Å²) < 4.78 is 32.8. The van der Waals surface area contributed by atoms with Crippen LogP contribution < -0.4 is 5.32 Å². The summed E-state index contributed by atoms with van der Waals surface area (Å²) in [4.78, 5) is 29.0. The van der Waals surface area contributed by atoms with Crippen molar-refractivity contribution < 1.29 is 22.9 Å². The van der Waals surface area contributed by atoms with Crippen LogP contribution in [-0.4, -0.2) is 46.4 Å². The van der Waals surface area contributed by atoms with E-state index in [0.29, 0.717) is 5.56 Å². The number of likely N-dealkylation sites (tertiary alicyclic amines) is 1. The quantitative estimate of drug-likeness (QED) is 0.914. The number of carbonyl (C=O) groups is 2. The Labute approximate surface area is 142 Å². The van der Waals surface area contributed by atoms with Crippen LogP contribution in [0.2, 0.25) is 0 Å². The van der Waals surface area contributed by atoms with Crippen molar-refractivity contribution in [3.8, 4) is 0 Å². The molecule has 0 saturated carbocycles. The average Bonchev–Trinajstić information content (AvgIpc) is 3.18. The molecule has 1 fully saturated rings. The lowest BCUT2D eigenvalue weighted by molar-refractivity contribution is 0.0117. The van der Waals surface area contributed by atoms with Gasteiger partial charge in [-0.3, -0.25) is 9.59 Å². The molecule has 9 heteroatoms. The minimum atomic E-state index is -3.08. The van der Waals surface area contributed by atoms with Crippen LogP contribution in [0.3, 0.4) is 0 Å². The fourth-order valence-electron chi connectivity index (χ4n) is 2.69. The molecule has 132 valence electrons. The summed E-state index contributed by atoms with van der Waals surface area (Å²) in [5, 5.41) is 5.79. The molecule has 3 rings (SSSR count). The van der Waals surface area contributed by atoms with Gasteiger partial charge >= 0.3 is 0 Å². The zero-order chi connectivity index (χ0) is 18.2. The van der Waals surface area contributed by atoms with Gasteiger partial charge in [-0.2, -0.15) is 4.98 Å². The third kappa shape index (κ3) is 3.35. The number of aromatic nitrogens is 2. The highest BCUT2D eigenvalue weighted by Crippen LogP contribution is 2.41. The van der Waals surface area contributed by atoms with Crippen molar-refractivity contribution in [3.05, 3.63) is 47.1 Å². The summed E-state index contributed by atoms with van der Waals surface area (Å²) >= 11 is 0. The van der Waals surface area contributed by atoms with Gasteiger partial charge in [0.15, 0.2) is 0 Å². The predicted molar refractivity (Wildman–Crippen MR) is 82.2 cm³/mol. The smallest absolute Gasteiger partial charge is 0.292 e. The molecule has 1 saturated heterocycles. The molecule has 0 spiro atoms. The van der Waals surface area contributed by atoms with Crippen LogP contribution in [-0.2, 0) is 0 Å². The second-order valence-electron chi connectivity index (χ2n) is 5.91. The Bertz CT molecular complexity index is 804. The van der Waals surface area contributed by atoms with E-state index < -0.39 is 36.7 Å². The normalized spacial score (nSPS) is 19.0. The van der Waals surface area contributed by atoms with Crippen molar-refractivity contribution in [2.75, 3.05) is 13.6 Å². The maximum atomic E-state index is 13.9. The predicted octanol–water partition coefficient (Wildman–Crippen LogP) is 1.96. The number of alkyl halides is 2. The van der Waals surface area contributed by atoms with Crippen molar-refractivity contribution in [2.45, 2.75) is 25.3 Å². The molecule has 1 aliphatic heterocycles. The molecule has 1 aromatic heterocycles. The molecule has 1 aliphatic rings. The van der Waals surface area contributed by atoms with E-state index in [1.807, 2.05) is 6.92 Å². The molecule has 0 unspecified atom stereocenters. The molecular weight excluding hydrogens is 334 g/mol. The molecule has 2 heterocycles. The van der Waals surface area contributed by atoms with E-state index in [0.717, 1.165) is 10.5 Å². The molecule has 0 bridgehead atoms. The highest BCUT2D eigenvalue weighted by molar-refractivity contribution is 5.94. The second-order valence-corrected chi connectivity index (χ2v) is 5.91. The first-order valence-electron chi connectivity index (χ1n) is 7.62. The van der Waals surface area contributed by atoms with Crippen LogP contribution in [0.1, 0.15) is 44.9 Å². The van der Waals surface area contributed by atoms with Gasteiger partial charge in [-0.1, -0.05) is 22.9 Å². The summed E-state index contributed by atoms with van der Waals surface area (Å²) in [5.41, 5.74) is 1.24. The largest absolute Gasteiger partial charge is 0.352 e. The highest BCUT2D eigenvalue weighted by atomic mass is 19.3. The van der Waals surface area contributed by atoms with Crippen molar-refractivity contribution in [2.24, 2.45) is 0 Å². The first kappa shape index (κ1) is 17.0. The number of carbonyl (C=O) groups excluding carboxylic acids is 2. The lowest BCUT2D eigenvalue weighted by Gasteiger charge is -2.21. The van der Waals surface area contributed by atoms with E-state index >= 15 is 0 Å². The molecule has 25 heavy (non-hydrogen) atoms. The fourth-order valence-corrected chi connectivity index (χ4v) is 2.69. The van der Waals surface area contributed by atoms with E-state index in [2.05, 4.69) is 15.5 Å². The number of hydrogen-bond donors (Lipinski definition) is 1. The Morgan fingerprint density at radius 1 is 1.32 bits per heavy atom. The number of halogens is 2. The topological polar surface area (TPSA) is 88.3 Å². The summed E-state index contributed by atoms with van der Waals surface area (Å²) in [6, 6.07) is 5.53. The Balaban J connectivity index is 1.91. The summed E-state index contributed by atoms with van der Waals surface area (Å²) in [6.07, 6.45) is -0.639. The van der Waals surface area contributed by atoms with Crippen LogP contribution in [0.25, 0.3) is 0 Å². The molecule has 1 atom stereocenters. The summed E-state index contributed by atoms with van der Waals surface area (Å²) in [5.74, 6) is -4.68. The maximum Gasteiger partial charge on any atom is 0.292 e. The Morgan fingerprint density at radius 2 is 2.00 bits per heavy atom. The zero-order valence-electron chi connectivity index (χ0n) is 13.6. The van der Waals surface area contributed by atoms with Gasteiger partial charge in [-0.25, -0.2) is 8.78 Å². The van der Waals surface area contributed by atoms with Gasteiger partial charge in [0.2, 0.25) is 5.89 Å². The molecule has 2 amide bonds. The van der Waals surface area contributed by atoms with Crippen LogP contribution in [0.5, 0.6) is 0 Å². The molecule has 2 aromatic rings. The highest BCUT2D eigenvalue weighted by Gasteiger charge is 2.50. The number of nitrogens with one attached hydrogen (secondary N) is 1. The number of hydrogen-bond acceptors (Lipinski definition) is 5. The van der Waals surface area contributed by atoms with Crippen LogP contribution in [0.15, 0.2) is 28.8 Å². The fraction of sp³-hybridized carbons (Fsp3) is 0.375. The van der Waals surface area contributed by atoms with E-state index in [-0.39, 0.29) is 11.7 Å². The Kier molecular flexibility index (Phi) is 4.23. The van der Waals surface area contributed by atoms with Gasteiger partial charge in [-0.05, 0) is 19.1 Å². The van der Waals surface area contributed by atoms with Gasteiger partial charge in [-0.15, -0.1) is 0 Å². The molecule has 7 nitrogen and oxygen atoms in total. The van der Waals surface area contributed by atoms with Crippen molar-refractivity contribution in [3.63, 3.8) is 0 Å². The van der Waals surface area contributed by atoms with Crippen LogP contribution in [0.4, 0.5) is 8.78 Å². The zero-order valence-corrected chi connectivity index (χ0v) is 13.6. The van der Waals surface area contributed by atoms with E-state index in [9.17, 15) is 18.4 Å². The van der Waals surface area contributed by atoms with Gasteiger partial charge in [0, 0.05) is 19.0 Å². The lowest BCUT2D eigenvalue weighted by Crippen LogP contribution is -2.33. The summed E-state index contributed by atoms with van der Waals surface area (Å²) in [7, 11) is 1.38. The Morgan fingerprint density at radius 3 is 2.64 bits per heavy atom. The third-order valence-electron chi connectivity index (χ3n) is 3.99. The first-order valence-corrected chi connectivity index (χ1v) is 7.62. The van der Waals surface area contributed by atoms with Crippen molar-refractivity contribution in [1.82, 2.24) is 20.4 Å². The van der Waals surface area contributed by atoms with Gasteiger partial charge in [0.05, 0.1) is 6.54 Å². The Hall–Kier alpha value is -2.84. The second kappa shape index (κ2) is 6.23. The first-order chi connectivity index (χ1) is 11.8. The van der Waals surface area contributed by atoms with Crippen LogP contribution in [0, 0.1) is 6.92 Å². The molecule has 0 aliphatic carbocycles. The number of amides is 2. The molecule has 0 radical (unpaired) electrons. The maximum absolute atomic E-state index is 13.9. The molecule has 1 N–H and O–H groups in total. The number of aryl methyl sites for hydroxylation is 1. The van der Waals surface area contributed by atoms with E-state index in [4.69, 9.17) is 4.52 Å². The minimum absolute atomic E-state index is 0.184. The van der Waals surface area contributed by atoms with Crippen LogP contribution >= 0.6 is 0 Å². The monoisotopic (exact) mass is 350 g/mol. The van der Waals surface area contributed by atoms with E-state index in [1.165, 1.54) is 7.05 Å². The van der Waals surface area contributed by atoms with Crippen molar-refractivity contribution in [1.29, 1.82) is 0 Å². The minimum Gasteiger partial charge on any atom is -0.352 e.